The van der Waals surface area contributed by atoms with Crippen molar-refractivity contribution in [2.24, 2.45) is 0 Å². The van der Waals surface area contributed by atoms with Gasteiger partial charge in [-0.2, -0.15) is 0 Å². The zero-order valence-corrected chi connectivity index (χ0v) is 13.5. The van der Waals surface area contributed by atoms with Gasteiger partial charge in [0.25, 0.3) is 0 Å². The van der Waals surface area contributed by atoms with Crippen LogP contribution in [0.5, 0.6) is 0 Å². The van der Waals surface area contributed by atoms with Crippen LogP contribution in [0.4, 0.5) is 0 Å². The summed E-state index contributed by atoms with van der Waals surface area (Å²) >= 11 is 3.23. The summed E-state index contributed by atoms with van der Waals surface area (Å²) in [5, 5.41) is 1.98. The number of thioether (sulfide) groups is 1. The van der Waals surface area contributed by atoms with E-state index in [0.29, 0.717) is 32.1 Å². The Kier molecular flexibility index (Phi) is 4.51. The third-order valence-corrected chi connectivity index (χ3v) is 6.07. The van der Waals surface area contributed by atoms with Crippen LogP contribution >= 0.6 is 23.1 Å². The van der Waals surface area contributed by atoms with Gasteiger partial charge in [0.1, 0.15) is 11.4 Å². The number of carbonyl (C=O) groups excluding carboxylic acids is 2. The van der Waals surface area contributed by atoms with Gasteiger partial charge in [-0.3, -0.25) is 9.59 Å². The molecule has 1 aromatic heterocycles. The van der Waals surface area contributed by atoms with Crippen molar-refractivity contribution in [1.29, 1.82) is 0 Å². The molecule has 2 fully saturated rings. The fourth-order valence-corrected chi connectivity index (χ4v) is 4.90. The fourth-order valence-electron chi connectivity index (χ4n) is 2.67. The molecule has 0 spiro atoms. The minimum atomic E-state index is -0.419. The van der Waals surface area contributed by atoms with Gasteiger partial charge in [-0.15, -0.1) is 23.1 Å². The van der Waals surface area contributed by atoms with Crippen molar-refractivity contribution in [1.82, 2.24) is 9.80 Å². The predicted molar refractivity (Wildman–Crippen MR) is 83.2 cm³/mol. The highest BCUT2D eigenvalue weighted by Crippen LogP contribution is 2.41. The van der Waals surface area contributed by atoms with Crippen molar-refractivity contribution >= 4 is 34.9 Å². The Hall–Kier alpha value is -1.05. The summed E-state index contributed by atoms with van der Waals surface area (Å²) in [5.41, 5.74) is 0. The summed E-state index contributed by atoms with van der Waals surface area (Å²) < 4.78 is 5.28. The molecule has 3 heterocycles. The highest BCUT2D eigenvalue weighted by molar-refractivity contribution is 8.00. The first-order chi connectivity index (χ1) is 10.2. The van der Waals surface area contributed by atoms with Crippen molar-refractivity contribution in [3.05, 3.63) is 22.4 Å². The fraction of sp³-hybridized carbons (Fsp3) is 0.571. The van der Waals surface area contributed by atoms with Crippen molar-refractivity contribution in [3.8, 4) is 0 Å². The van der Waals surface area contributed by atoms with E-state index in [4.69, 9.17) is 4.74 Å². The molecule has 114 valence electrons. The lowest BCUT2D eigenvalue weighted by molar-refractivity contribution is -0.146. The van der Waals surface area contributed by atoms with Gasteiger partial charge in [0.05, 0.1) is 19.0 Å². The van der Waals surface area contributed by atoms with Gasteiger partial charge in [0.2, 0.25) is 11.8 Å². The monoisotopic (exact) mass is 326 g/mol. The van der Waals surface area contributed by atoms with Gasteiger partial charge in [0, 0.05) is 18.0 Å². The van der Waals surface area contributed by atoms with Gasteiger partial charge in [-0.1, -0.05) is 6.07 Å². The van der Waals surface area contributed by atoms with E-state index in [9.17, 15) is 9.59 Å². The quantitative estimate of drug-likeness (QED) is 0.846. The average Bonchev–Trinajstić information content (AvgIpc) is 3.16. The molecule has 2 aliphatic heterocycles. The van der Waals surface area contributed by atoms with Gasteiger partial charge >= 0.3 is 0 Å². The Morgan fingerprint density at radius 2 is 2.19 bits per heavy atom. The average molecular weight is 326 g/mol. The molecule has 2 amide bonds. The lowest BCUT2D eigenvalue weighted by atomic mass is 10.2. The number of amides is 2. The second-order valence-electron chi connectivity index (χ2n) is 5.09. The van der Waals surface area contributed by atoms with Crippen LogP contribution in [-0.2, 0) is 14.3 Å². The Bertz CT molecular complexity index is 514. The van der Waals surface area contributed by atoms with Crippen molar-refractivity contribution < 1.29 is 14.3 Å². The van der Waals surface area contributed by atoms with Crippen LogP contribution in [0.3, 0.4) is 0 Å². The maximum atomic E-state index is 12.6. The lowest BCUT2D eigenvalue weighted by Crippen LogP contribution is -2.51. The third-order valence-electron chi connectivity index (χ3n) is 3.79. The predicted octanol–water partition coefficient (Wildman–Crippen LogP) is 1.57. The van der Waals surface area contributed by atoms with E-state index in [0.717, 1.165) is 4.88 Å². The van der Waals surface area contributed by atoms with E-state index in [1.807, 2.05) is 24.4 Å². The SMILES string of the molecule is C[C@H](C(=O)N1CCOCC1)N1C(=O)CS[C@H]1c1cccs1. The zero-order valence-electron chi connectivity index (χ0n) is 11.9. The molecule has 5 nitrogen and oxygen atoms in total. The molecule has 0 saturated carbocycles. The summed E-state index contributed by atoms with van der Waals surface area (Å²) in [6.45, 7) is 4.22. The van der Waals surface area contributed by atoms with Crippen LogP contribution in [0.2, 0.25) is 0 Å². The molecule has 1 aromatic rings. The third kappa shape index (κ3) is 2.95. The zero-order chi connectivity index (χ0) is 14.8. The van der Waals surface area contributed by atoms with E-state index in [1.165, 1.54) is 0 Å². The molecule has 0 unspecified atom stereocenters. The summed E-state index contributed by atoms with van der Waals surface area (Å²) in [6.07, 6.45) is 0. The highest BCUT2D eigenvalue weighted by atomic mass is 32.2. The van der Waals surface area contributed by atoms with E-state index >= 15 is 0 Å². The Labute approximate surface area is 132 Å². The highest BCUT2D eigenvalue weighted by Gasteiger charge is 2.40. The first-order valence-corrected chi connectivity index (χ1v) is 8.94. The summed E-state index contributed by atoms with van der Waals surface area (Å²) in [4.78, 5) is 29.5. The molecule has 0 aromatic carbocycles. The van der Waals surface area contributed by atoms with E-state index in [-0.39, 0.29) is 17.2 Å². The number of morpholine rings is 1. The summed E-state index contributed by atoms with van der Waals surface area (Å²) in [6, 6.07) is 3.59. The molecule has 21 heavy (non-hydrogen) atoms. The largest absolute Gasteiger partial charge is 0.378 e. The van der Waals surface area contributed by atoms with Gasteiger partial charge < -0.3 is 14.5 Å². The molecule has 0 N–H and O–H groups in total. The van der Waals surface area contributed by atoms with Crippen LogP contribution in [0, 0.1) is 0 Å². The Morgan fingerprint density at radius 3 is 2.86 bits per heavy atom. The molecule has 7 heteroatoms. The normalized spacial score (nSPS) is 24.4. The molecule has 2 saturated heterocycles. The van der Waals surface area contributed by atoms with E-state index < -0.39 is 6.04 Å². The number of thiophene rings is 1. The topological polar surface area (TPSA) is 49.9 Å². The van der Waals surface area contributed by atoms with Gasteiger partial charge in [-0.05, 0) is 18.4 Å². The van der Waals surface area contributed by atoms with Gasteiger partial charge in [0.15, 0.2) is 0 Å². The standard InChI is InChI=1S/C14H18N2O3S2/c1-10(13(18)15-4-6-19-7-5-15)16-12(17)9-21-14(16)11-3-2-8-20-11/h2-3,8,10,14H,4-7,9H2,1H3/t10-,14+/m1/s1. The molecule has 2 aliphatic rings. The number of ether oxygens (including phenoxy) is 1. The minimum absolute atomic E-state index is 0.0238. The van der Waals surface area contributed by atoms with E-state index in [2.05, 4.69) is 0 Å². The summed E-state index contributed by atoms with van der Waals surface area (Å²) in [7, 11) is 0. The maximum Gasteiger partial charge on any atom is 0.245 e. The number of hydrogen-bond acceptors (Lipinski definition) is 5. The lowest BCUT2D eigenvalue weighted by Gasteiger charge is -2.34. The molecule has 0 radical (unpaired) electrons. The van der Waals surface area contributed by atoms with Crippen molar-refractivity contribution in [2.45, 2.75) is 18.3 Å². The molecular formula is C14H18N2O3S2. The molecule has 0 bridgehead atoms. The maximum absolute atomic E-state index is 12.6. The van der Waals surface area contributed by atoms with Crippen LogP contribution in [0.25, 0.3) is 0 Å². The number of nitrogens with zero attached hydrogens (tertiary/aromatic N) is 2. The van der Waals surface area contributed by atoms with Crippen LogP contribution in [0.15, 0.2) is 17.5 Å². The Balaban J connectivity index is 1.76. The van der Waals surface area contributed by atoms with Crippen LogP contribution < -0.4 is 0 Å². The van der Waals surface area contributed by atoms with Crippen LogP contribution in [0.1, 0.15) is 17.2 Å². The second-order valence-corrected chi connectivity index (χ2v) is 7.14. The van der Waals surface area contributed by atoms with Crippen molar-refractivity contribution in [3.63, 3.8) is 0 Å². The number of hydrogen-bond donors (Lipinski definition) is 0. The summed E-state index contributed by atoms with van der Waals surface area (Å²) in [5.74, 6) is 0.520. The second kappa shape index (κ2) is 6.37. The number of carbonyl (C=O) groups is 2. The molecule has 3 rings (SSSR count). The molecule has 0 aliphatic carbocycles. The van der Waals surface area contributed by atoms with E-state index in [1.54, 1.807) is 32.9 Å². The first-order valence-electron chi connectivity index (χ1n) is 7.01. The molecule has 2 atom stereocenters. The smallest absolute Gasteiger partial charge is 0.245 e. The number of rotatable bonds is 3. The molecular weight excluding hydrogens is 308 g/mol. The van der Waals surface area contributed by atoms with Crippen molar-refractivity contribution in [2.75, 3.05) is 32.1 Å². The Morgan fingerprint density at radius 1 is 1.43 bits per heavy atom. The van der Waals surface area contributed by atoms with Crippen LogP contribution in [-0.4, -0.2) is 59.7 Å². The minimum Gasteiger partial charge on any atom is -0.378 e. The van der Waals surface area contributed by atoms with Gasteiger partial charge in [-0.25, -0.2) is 0 Å². The first kappa shape index (κ1) is 14.9.